The molecule has 4 rings (SSSR count). The normalized spacial score (nSPS) is 14.8. The highest BCUT2D eigenvalue weighted by molar-refractivity contribution is 6.15. The van der Waals surface area contributed by atoms with Gasteiger partial charge in [-0.3, -0.25) is 0 Å². The Kier molecular flexibility index (Phi) is 3.76. The van der Waals surface area contributed by atoms with Gasteiger partial charge in [-0.25, -0.2) is 19.2 Å². The van der Waals surface area contributed by atoms with Gasteiger partial charge in [0.2, 0.25) is 0 Å². The summed E-state index contributed by atoms with van der Waals surface area (Å²) < 4.78 is 14.7. The second-order valence-electron chi connectivity index (χ2n) is 5.89. The maximum absolute atomic E-state index is 11.6. The van der Waals surface area contributed by atoms with Crippen molar-refractivity contribution < 1.29 is 33.4 Å². The SMILES string of the molecule is O=C1OC(=O)c2cc(CCCOc3ccc4c(c3)C(=O)OC4=O)ccc21. The van der Waals surface area contributed by atoms with Crippen LogP contribution in [0.15, 0.2) is 36.4 Å². The summed E-state index contributed by atoms with van der Waals surface area (Å²) in [5.74, 6) is -2.09. The lowest BCUT2D eigenvalue weighted by Gasteiger charge is -2.07. The van der Waals surface area contributed by atoms with E-state index in [0.717, 1.165) is 5.56 Å². The van der Waals surface area contributed by atoms with Gasteiger partial charge < -0.3 is 14.2 Å². The van der Waals surface area contributed by atoms with E-state index in [1.54, 1.807) is 24.3 Å². The fourth-order valence-electron chi connectivity index (χ4n) is 2.91. The van der Waals surface area contributed by atoms with E-state index in [2.05, 4.69) is 9.47 Å². The molecule has 0 unspecified atom stereocenters. The third-order valence-electron chi connectivity index (χ3n) is 4.20. The Balaban J connectivity index is 1.35. The lowest BCUT2D eigenvalue weighted by atomic mass is 10.0. The van der Waals surface area contributed by atoms with Crippen molar-refractivity contribution >= 4 is 23.9 Å². The molecule has 0 saturated carbocycles. The molecule has 130 valence electrons. The molecule has 2 aliphatic rings. The van der Waals surface area contributed by atoms with Crippen LogP contribution in [0.4, 0.5) is 0 Å². The molecule has 2 aromatic carbocycles. The Morgan fingerprint density at radius 1 is 0.692 bits per heavy atom. The standard InChI is InChI=1S/C19H12O7/c20-16-12-5-3-10(8-14(12)18(22)25-16)2-1-7-24-11-4-6-13-15(9-11)19(23)26-17(13)21/h3-6,8-9H,1-2,7H2. The van der Waals surface area contributed by atoms with Crippen molar-refractivity contribution in [1.29, 1.82) is 0 Å². The summed E-state index contributed by atoms with van der Waals surface area (Å²) in [4.78, 5) is 45.9. The monoisotopic (exact) mass is 352 g/mol. The number of esters is 4. The summed E-state index contributed by atoms with van der Waals surface area (Å²) in [6, 6.07) is 9.60. The van der Waals surface area contributed by atoms with Gasteiger partial charge in [0, 0.05) is 0 Å². The fourth-order valence-corrected chi connectivity index (χ4v) is 2.91. The summed E-state index contributed by atoms with van der Waals surface area (Å²) in [5.41, 5.74) is 1.91. The number of aryl methyl sites for hydroxylation is 1. The van der Waals surface area contributed by atoms with Crippen LogP contribution < -0.4 is 4.74 Å². The minimum atomic E-state index is -0.671. The second kappa shape index (κ2) is 6.11. The molecule has 7 nitrogen and oxygen atoms in total. The topological polar surface area (TPSA) is 96.0 Å². The molecule has 7 heteroatoms. The molecule has 26 heavy (non-hydrogen) atoms. The van der Waals surface area contributed by atoms with E-state index >= 15 is 0 Å². The molecule has 2 heterocycles. The molecule has 0 aliphatic carbocycles. The Labute approximate surface area is 147 Å². The largest absolute Gasteiger partial charge is 0.494 e. The molecule has 2 aliphatic heterocycles. The van der Waals surface area contributed by atoms with E-state index < -0.39 is 23.9 Å². The van der Waals surface area contributed by atoms with E-state index in [4.69, 9.17) is 4.74 Å². The van der Waals surface area contributed by atoms with Crippen LogP contribution in [0.3, 0.4) is 0 Å². The van der Waals surface area contributed by atoms with Crippen molar-refractivity contribution in [2.45, 2.75) is 12.8 Å². The van der Waals surface area contributed by atoms with Crippen LogP contribution in [-0.4, -0.2) is 30.5 Å². The molecule has 0 N–H and O–H groups in total. The van der Waals surface area contributed by atoms with Crippen LogP contribution >= 0.6 is 0 Å². The highest BCUT2D eigenvalue weighted by Crippen LogP contribution is 2.25. The molecular weight excluding hydrogens is 340 g/mol. The van der Waals surface area contributed by atoms with Crippen molar-refractivity contribution in [2.24, 2.45) is 0 Å². The van der Waals surface area contributed by atoms with Gasteiger partial charge >= 0.3 is 23.9 Å². The first kappa shape index (κ1) is 16.0. The van der Waals surface area contributed by atoms with Gasteiger partial charge in [-0.2, -0.15) is 0 Å². The number of ether oxygens (including phenoxy) is 3. The molecule has 0 aromatic heterocycles. The first-order valence-corrected chi connectivity index (χ1v) is 7.96. The average Bonchev–Trinajstić information content (AvgIpc) is 3.07. The number of benzene rings is 2. The highest BCUT2D eigenvalue weighted by atomic mass is 16.6. The molecule has 2 aromatic rings. The number of hydrogen-bond donors (Lipinski definition) is 0. The van der Waals surface area contributed by atoms with Gasteiger partial charge in [-0.15, -0.1) is 0 Å². The van der Waals surface area contributed by atoms with E-state index in [1.165, 1.54) is 12.1 Å². The van der Waals surface area contributed by atoms with Crippen LogP contribution in [0.2, 0.25) is 0 Å². The zero-order valence-electron chi connectivity index (χ0n) is 13.4. The van der Waals surface area contributed by atoms with Crippen LogP contribution in [0.25, 0.3) is 0 Å². The smallest absolute Gasteiger partial charge is 0.347 e. The first-order valence-electron chi connectivity index (χ1n) is 7.96. The Morgan fingerprint density at radius 2 is 1.27 bits per heavy atom. The minimum Gasteiger partial charge on any atom is -0.494 e. The van der Waals surface area contributed by atoms with Gasteiger partial charge in [0.25, 0.3) is 0 Å². The molecule has 0 saturated heterocycles. The van der Waals surface area contributed by atoms with Gasteiger partial charge in [0.05, 0.1) is 28.9 Å². The summed E-state index contributed by atoms with van der Waals surface area (Å²) in [6.45, 7) is 0.377. The van der Waals surface area contributed by atoms with Crippen molar-refractivity contribution in [3.05, 3.63) is 64.2 Å². The molecule has 0 amide bonds. The Morgan fingerprint density at radius 3 is 1.96 bits per heavy atom. The van der Waals surface area contributed by atoms with Crippen molar-refractivity contribution in [1.82, 2.24) is 0 Å². The van der Waals surface area contributed by atoms with Crippen LogP contribution in [-0.2, 0) is 15.9 Å². The number of rotatable bonds is 5. The second-order valence-corrected chi connectivity index (χ2v) is 5.89. The van der Waals surface area contributed by atoms with Crippen molar-refractivity contribution in [2.75, 3.05) is 6.61 Å². The van der Waals surface area contributed by atoms with Crippen LogP contribution in [0.5, 0.6) is 5.75 Å². The van der Waals surface area contributed by atoms with Crippen molar-refractivity contribution in [3.8, 4) is 5.75 Å². The van der Waals surface area contributed by atoms with Crippen LogP contribution in [0.1, 0.15) is 53.4 Å². The predicted octanol–water partition coefficient (Wildman–Crippen LogP) is 2.32. The molecular formula is C19H12O7. The lowest BCUT2D eigenvalue weighted by Crippen LogP contribution is -2.02. The van der Waals surface area contributed by atoms with Gasteiger partial charge in [0.15, 0.2) is 0 Å². The van der Waals surface area contributed by atoms with Crippen LogP contribution in [0, 0.1) is 0 Å². The Bertz CT molecular complexity index is 894. The average molecular weight is 352 g/mol. The molecule has 0 fully saturated rings. The number of carbonyl (C=O) groups is 4. The summed E-state index contributed by atoms with van der Waals surface area (Å²) in [6.07, 6.45) is 1.29. The summed E-state index contributed by atoms with van der Waals surface area (Å²) in [7, 11) is 0. The van der Waals surface area contributed by atoms with Gasteiger partial charge in [-0.05, 0) is 48.7 Å². The number of fused-ring (bicyclic) bond motifs is 2. The number of cyclic esters (lactones) is 4. The summed E-state index contributed by atoms with van der Waals surface area (Å²) in [5, 5.41) is 0. The van der Waals surface area contributed by atoms with Crippen molar-refractivity contribution in [3.63, 3.8) is 0 Å². The Hall–Kier alpha value is -3.48. The zero-order chi connectivity index (χ0) is 18.3. The molecule has 0 spiro atoms. The molecule has 0 bridgehead atoms. The molecule has 0 radical (unpaired) electrons. The van der Waals surface area contributed by atoms with E-state index in [9.17, 15) is 19.2 Å². The quantitative estimate of drug-likeness (QED) is 0.463. The third kappa shape index (κ3) is 2.73. The maximum atomic E-state index is 11.6. The third-order valence-corrected chi connectivity index (χ3v) is 4.20. The van der Waals surface area contributed by atoms with E-state index in [1.807, 2.05) is 0 Å². The lowest BCUT2D eigenvalue weighted by molar-refractivity contribution is 0.0425. The highest BCUT2D eigenvalue weighted by Gasteiger charge is 2.30. The van der Waals surface area contributed by atoms with E-state index in [-0.39, 0.29) is 22.3 Å². The van der Waals surface area contributed by atoms with Gasteiger partial charge in [0.1, 0.15) is 5.75 Å². The number of hydrogen-bond acceptors (Lipinski definition) is 7. The number of carbonyl (C=O) groups excluding carboxylic acids is 4. The maximum Gasteiger partial charge on any atom is 0.347 e. The summed E-state index contributed by atoms with van der Waals surface area (Å²) >= 11 is 0. The van der Waals surface area contributed by atoms with E-state index in [0.29, 0.717) is 25.2 Å². The van der Waals surface area contributed by atoms with Gasteiger partial charge in [-0.1, -0.05) is 6.07 Å². The molecule has 0 atom stereocenters. The first-order chi connectivity index (χ1) is 12.5. The zero-order valence-corrected chi connectivity index (χ0v) is 13.4. The fraction of sp³-hybridized carbons (Fsp3) is 0.158. The predicted molar refractivity (Wildman–Crippen MR) is 86.2 cm³/mol. The minimum absolute atomic E-state index is 0.203.